The summed E-state index contributed by atoms with van der Waals surface area (Å²) < 4.78 is 0. The Labute approximate surface area is 88.7 Å². The molecule has 0 amide bonds. The van der Waals surface area contributed by atoms with Gasteiger partial charge in [-0.3, -0.25) is 0 Å². The van der Waals surface area contributed by atoms with Gasteiger partial charge in [-0.2, -0.15) is 0 Å². The summed E-state index contributed by atoms with van der Waals surface area (Å²) in [4.78, 5) is 0. The molecule has 82 valence electrons. The smallest absolute Gasteiger partial charge is 0.0103 e. The van der Waals surface area contributed by atoms with Crippen LogP contribution in [0, 0.1) is 23.2 Å². The molecule has 3 rings (SSSR count). The van der Waals surface area contributed by atoms with Gasteiger partial charge < -0.3 is 5.32 Å². The van der Waals surface area contributed by atoms with Crippen LogP contribution < -0.4 is 5.32 Å². The number of rotatable bonds is 3. The number of fused-ring (bicyclic) bond motifs is 2. The first-order valence-corrected chi connectivity index (χ1v) is 6.30. The lowest BCUT2D eigenvalue weighted by atomic mass is 9.44. The molecule has 0 aromatic rings. The maximum atomic E-state index is 3.74. The van der Waals surface area contributed by atoms with Crippen LogP contribution in [0.3, 0.4) is 0 Å². The SMILES string of the molecule is CCCN[C@H]1C[C@@H](C)[C@H]2C[C@H]1C2(C)C. The normalized spacial score (nSPS) is 44.6. The zero-order valence-electron chi connectivity index (χ0n) is 10.1. The molecule has 1 heteroatoms. The van der Waals surface area contributed by atoms with Crippen molar-refractivity contribution in [3.05, 3.63) is 0 Å². The Morgan fingerprint density at radius 2 is 1.93 bits per heavy atom. The first kappa shape index (κ1) is 10.5. The predicted octanol–water partition coefficient (Wildman–Crippen LogP) is 3.06. The lowest BCUT2D eigenvalue weighted by molar-refractivity contribution is -0.119. The summed E-state index contributed by atoms with van der Waals surface area (Å²) in [6.45, 7) is 10.9. The zero-order valence-corrected chi connectivity index (χ0v) is 10.1. The van der Waals surface area contributed by atoms with Crippen LogP contribution in [0.5, 0.6) is 0 Å². The van der Waals surface area contributed by atoms with Crippen molar-refractivity contribution in [3.8, 4) is 0 Å². The molecule has 3 saturated carbocycles. The van der Waals surface area contributed by atoms with Gasteiger partial charge in [-0.15, -0.1) is 0 Å². The molecule has 1 nitrogen and oxygen atoms in total. The molecule has 3 fully saturated rings. The van der Waals surface area contributed by atoms with Crippen LogP contribution in [0.1, 0.15) is 47.0 Å². The number of hydrogen-bond acceptors (Lipinski definition) is 1. The van der Waals surface area contributed by atoms with E-state index in [0.29, 0.717) is 5.41 Å². The van der Waals surface area contributed by atoms with Crippen LogP contribution in [-0.2, 0) is 0 Å². The van der Waals surface area contributed by atoms with E-state index in [1.165, 1.54) is 25.8 Å². The Bertz CT molecular complexity index is 209. The second kappa shape index (κ2) is 3.52. The van der Waals surface area contributed by atoms with Gasteiger partial charge in [0.15, 0.2) is 0 Å². The largest absolute Gasteiger partial charge is 0.314 e. The fourth-order valence-electron chi connectivity index (χ4n) is 3.93. The van der Waals surface area contributed by atoms with Crippen molar-refractivity contribution in [3.63, 3.8) is 0 Å². The highest BCUT2D eigenvalue weighted by Crippen LogP contribution is 2.61. The maximum Gasteiger partial charge on any atom is 0.0103 e. The van der Waals surface area contributed by atoms with Gasteiger partial charge in [-0.05, 0) is 49.0 Å². The molecule has 0 aromatic carbocycles. The van der Waals surface area contributed by atoms with Crippen LogP contribution in [0.2, 0.25) is 0 Å². The highest BCUT2D eigenvalue weighted by Gasteiger charge is 2.56. The van der Waals surface area contributed by atoms with Crippen molar-refractivity contribution in [2.24, 2.45) is 23.2 Å². The number of nitrogens with one attached hydrogen (secondary N) is 1. The highest BCUT2D eigenvalue weighted by molar-refractivity contribution is 5.08. The van der Waals surface area contributed by atoms with Crippen molar-refractivity contribution in [1.82, 2.24) is 5.32 Å². The molecule has 0 spiro atoms. The standard InChI is InChI=1S/C13H25N/c1-5-6-14-12-7-9(2)10-8-11(12)13(10,3)4/h9-12,14H,5-8H2,1-4H3/t9-,10-,11-,12+/m1/s1. The van der Waals surface area contributed by atoms with Gasteiger partial charge in [0.05, 0.1) is 0 Å². The summed E-state index contributed by atoms with van der Waals surface area (Å²) in [5, 5.41) is 3.74. The third-order valence-corrected chi connectivity index (χ3v) is 4.87. The molecule has 0 radical (unpaired) electrons. The lowest BCUT2D eigenvalue weighted by Crippen LogP contribution is -2.61. The maximum absolute atomic E-state index is 3.74. The van der Waals surface area contributed by atoms with Crippen LogP contribution in [0.25, 0.3) is 0 Å². The first-order valence-electron chi connectivity index (χ1n) is 6.30. The van der Waals surface area contributed by atoms with Crippen molar-refractivity contribution >= 4 is 0 Å². The molecular weight excluding hydrogens is 170 g/mol. The van der Waals surface area contributed by atoms with E-state index in [4.69, 9.17) is 0 Å². The van der Waals surface area contributed by atoms with Crippen LogP contribution >= 0.6 is 0 Å². The van der Waals surface area contributed by atoms with E-state index in [0.717, 1.165) is 23.8 Å². The molecule has 0 aromatic heterocycles. The highest BCUT2D eigenvalue weighted by atomic mass is 14.9. The summed E-state index contributed by atoms with van der Waals surface area (Å²) in [6.07, 6.45) is 4.16. The van der Waals surface area contributed by atoms with Gasteiger partial charge in [0, 0.05) is 6.04 Å². The minimum atomic E-state index is 0.614. The third-order valence-electron chi connectivity index (χ3n) is 4.87. The van der Waals surface area contributed by atoms with Gasteiger partial charge in [-0.25, -0.2) is 0 Å². The number of hydrogen-bond donors (Lipinski definition) is 1. The summed E-state index contributed by atoms with van der Waals surface area (Å²) in [6, 6.07) is 0.810. The second-order valence-electron chi connectivity index (χ2n) is 6.04. The molecule has 14 heavy (non-hydrogen) atoms. The van der Waals surface area contributed by atoms with Gasteiger partial charge in [0.2, 0.25) is 0 Å². The topological polar surface area (TPSA) is 12.0 Å². The molecular formula is C13H25N. The molecule has 3 aliphatic rings. The summed E-state index contributed by atoms with van der Waals surface area (Å²) in [5.74, 6) is 2.90. The average molecular weight is 195 g/mol. The quantitative estimate of drug-likeness (QED) is 0.730. The molecule has 3 aliphatic carbocycles. The van der Waals surface area contributed by atoms with Gasteiger partial charge in [-0.1, -0.05) is 27.7 Å². The van der Waals surface area contributed by atoms with Gasteiger partial charge in [0.1, 0.15) is 0 Å². The molecule has 2 bridgehead atoms. The van der Waals surface area contributed by atoms with Gasteiger partial charge in [0.25, 0.3) is 0 Å². The van der Waals surface area contributed by atoms with Crippen molar-refractivity contribution in [1.29, 1.82) is 0 Å². The summed E-state index contributed by atoms with van der Waals surface area (Å²) in [7, 11) is 0. The Kier molecular flexibility index (Phi) is 2.63. The fraction of sp³-hybridized carbons (Fsp3) is 1.00. The first-order chi connectivity index (χ1) is 6.57. The molecule has 0 heterocycles. The molecule has 4 atom stereocenters. The summed E-state index contributed by atoms with van der Waals surface area (Å²) >= 11 is 0. The Morgan fingerprint density at radius 3 is 2.43 bits per heavy atom. The third kappa shape index (κ3) is 1.41. The molecule has 0 unspecified atom stereocenters. The van der Waals surface area contributed by atoms with E-state index in [1.807, 2.05) is 0 Å². The van der Waals surface area contributed by atoms with Gasteiger partial charge >= 0.3 is 0 Å². The van der Waals surface area contributed by atoms with E-state index in [9.17, 15) is 0 Å². The molecule has 1 N–H and O–H groups in total. The van der Waals surface area contributed by atoms with Crippen molar-refractivity contribution in [2.45, 2.75) is 53.0 Å². The summed E-state index contributed by atoms with van der Waals surface area (Å²) in [5.41, 5.74) is 0.614. The Hall–Kier alpha value is -0.0400. The molecule has 0 aliphatic heterocycles. The second-order valence-corrected chi connectivity index (χ2v) is 6.04. The minimum absolute atomic E-state index is 0.614. The average Bonchev–Trinajstić information content (AvgIpc) is 2.13. The van der Waals surface area contributed by atoms with Crippen LogP contribution in [0.4, 0.5) is 0 Å². The van der Waals surface area contributed by atoms with E-state index in [-0.39, 0.29) is 0 Å². The predicted molar refractivity (Wildman–Crippen MR) is 61.2 cm³/mol. The van der Waals surface area contributed by atoms with Crippen LogP contribution in [0.15, 0.2) is 0 Å². The Balaban J connectivity index is 1.99. The lowest BCUT2D eigenvalue weighted by Gasteiger charge is -2.63. The van der Waals surface area contributed by atoms with E-state index < -0.39 is 0 Å². The molecule has 0 saturated heterocycles. The van der Waals surface area contributed by atoms with Crippen LogP contribution in [-0.4, -0.2) is 12.6 Å². The fourth-order valence-corrected chi connectivity index (χ4v) is 3.93. The van der Waals surface area contributed by atoms with Crippen molar-refractivity contribution < 1.29 is 0 Å². The van der Waals surface area contributed by atoms with E-state index >= 15 is 0 Å². The zero-order chi connectivity index (χ0) is 10.3. The minimum Gasteiger partial charge on any atom is -0.314 e. The Morgan fingerprint density at radius 1 is 1.21 bits per heavy atom. The monoisotopic (exact) mass is 195 g/mol. The van der Waals surface area contributed by atoms with E-state index in [2.05, 4.69) is 33.0 Å². The van der Waals surface area contributed by atoms with E-state index in [1.54, 1.807) is 0 Å². The van der Waals surface area contributed by atoms with Crippen molar-refractivity contribution in [2.75, 3.05) is 6.54 Å².